The lowest BCUT2D eigenvalue weighted by molar-refractivity contribution is 0.523. The molecule has 1 rings (SSSR count). The van der Waals surface area contributed by atoms with E-state index >= 15 is 0 Å². The van der Waals surface area contributed by atoms with Crippen molar-refractivity contribution >= 4 is 16.7 Å². The van der Waals surface area contributed by atoms with Gasteiger partial charge in [-0.1, -0.05) is 63.4 Å². The highest BCUT2D eigenvalue weighted by atomic mass is 32.2. The number of rotatable bonds is 7. The summed E-state index contributed by atoms with van der Waals surface area (Å²) in [4.78, 5) is 0. The molecule has 0 aromatic heterocycles. The lowest BCUT2D eigenvalue weighted by Gasteiger charge is -2.17. The molecule has 0 aliphatic carbocycles. The van der Waals surface area contributed by atoms with Gasteiger partial charge < -0.3 is 0 Å². The molecule has 0 bridgehead atoms. The first-order valence-electron chi connectivity index (χ1n) is 7.89. The molecule has 3 heteroatoms. The molecule has 1 unspecified atom stereocenters. The van der Waals surface area contributed by atoms with Crippen LogP contribution in [0.15, 0.2) is 34.7 Å². The van der Waals surface area contributed by atoms with Gasteiger partial charge in [0.05, 0.1) is 10.5 Å². The Labute approximate surface area is 132 Å². The van der Waals surface area contributed by atoms with E-state index in [9.17, 15) is 4.21 Å². The first-order valence-corrected chi connectivity index (χ1v) is 9.00. The summed E-state index contributed by atoms with van der Waals surface area (Å²) in [6.07, 6.45) is 4.55. The average molecular weight is 308 g/mol. The predicted molar refractivity (Wildman–Crippen MR) is 94.2 cm³/mol. The van der Waals surface area contributed by atoms with E-state index in [1.165, 1.54) is 19.3 Å². The molecular formula is C18H29NOS. The quantitative estimate of drug-likeness (QED) is 0.640. The van der Waals surface area contributed by atoms with Gasteiger partial charge in [0.2, 0.25) is 0 Å². The van der Waals surface area contributed by atoms with E-state index < -0.39 is 11.0 Å². The van der Waals surface area contributed by atoms with Crippen LogP contribution in [0.25, 0.3) is 0 Å². The van der Waals surface area contributed by atoms with Gasteiger partial charge in [0.15, 0.2) is 0 Å². The molecule has 0 amide bonds. The number of benzene rings is 1. The summed E-state index contributed by atoms with van der Waals surface area (Å²) in [5, 5.41) is 0. The molecule has 0 saturated carbocycles. The van der Waals surface area contributed by atoms with Crippen molar-refractivity contribution in [3.05, 3.63) is 35.9 Å². The fraction of sp³-hybridized carbons (Fsp3) is 0.611. The molecule has 0 fully saturated rings. The third-order valence-corrected chi connectivity index (χ3v) is 4.85. The predicted octanol–water partition coefficient (Wildman–Crippen LogP) is 5.15. The Morgan fingerprint density at radius 1 is 1.24 bits per heavy atom. The molecule has 0 saturated heterocycles. The highest BCUT2D eigenvalue weighted by molar-refractivity contribution is 7.85. The molecule has 21 heavy (non-hydrogen) atoms. The molecule has 0 spiro atoms. The van der Waals surface area contributed by atoms with Crippen molar-refractivity contribution in [2.24, 2.45) is 10.3 Å². The molecule has 0 radical (unpaired) electrons. The van der Waals surface area contributed by atoms with E-state index in [0.717, 1.165) is 17.7 Å². The van der Waals surface area contributed by atoms with Crippen LogP contribution in [0.4, 0.5) is 0 Å². The van der Waals surface area contributed by atoms with E-state index in [2.05, 4.69) is 30.4 Å². The van der Waals surface area contributed by atoms with Crippen molar-refractivity contribution in [1.82, 2.24) is 0 Å². The monoisotopic (exact) mass is 307 g/mol. The van der Waals surface area contributed by atoms with Crippen LogP contribution in [-0.2, 0) is 11.0 Å². The standard InChI is InChI=1S/C18H29NOS/c1-6-7-11-15(2)14-17(16-12-9-8-10-13-16)19-21(20)18(3,4)5/h8-10,12-13,15H,6-7,11,14H2,1-5H3/b19-17+/t15-,21?/m1/s1. The topological polar surface area (TPSA) is 29.4 Å². The Morgan fingerprint density at radius 2 is 1.86 bits per heavy atom. The van der Waals surface area contributed by atoms with Gasteiger partial charge >= 0.3 is 0 Å². The van der Waals surface area contributed by atoms with Gasteiger partial charge in [-0.15, -0.1) is 0 Å². The second-order valence-corrected chi connectivity index (χ2v) is 8.62. The molecule has 2 nitrogen and oxygen atoms in total. The molecular weight excluding hydrogens is 278 g/mol. The molecule has 0 N–H and O–H groups in total. The van der Waals surface area contributed by atoms with E-state index in [-0.39, 0.29) is 4.75 Å². The van der Waals surface area contributed by atoms with Crippen LogP contribution in [0.2, 0.25) is 0 Å². The van der Waals surface area contributed by atoms with Gasteiger partial charge in [-0.05, 0) is 38.7 Å². The summed E-state index contributed by atoms with van der Waals surface area (Å²) in [6.45, 7) is 10.4. The summed E-state index contributed by atoms with van der Waals surface area (Å²) >= 11 is 0. The molecule has 1 aromatic carbocycles. The van der Waals surface area contributed by atoms with Gasteiger partial charge in [0, 0.05) is 0 Å². The number of hydrogen-bond donors (Lipinski definition) is 0. The SMILES string of the molecule is CCCC[C@@H](C)C/C(=N\S(=O)C(C)(C)C)c1ccccc1. The summed E-state index contributed by atoms with van der Waals surface area (Å²) < 4.78 is 16.6. The zero-order valence-corrected chi connectivity index (χ0v) is 14.9. The van der Waals surface area contributed by atoms with E-state index in [4.69, 9.17) is 0 Å². The summed E-state index contributed by atoms with van der Waals surface area (Å²) in [5.41, 5.74) is 2.07. The number of hydrogen-bond acceptors (Lipinski definition) is 1. The Bertz CT molecular complexity index is 474. The summed E-state index contributed by atoms with van der Waals surface area (Å²) in [6, 6.07) is 10.2. The first kappa shape index (κ1) is 18.1. The molecule has 0 heterocycles. The Kier molecular flexibility index (Phi) is 7.30. The Morgan fingerprint density at radius 3 is 2.38 bits per heavy atom. The normalized spacial score (nSPS) is 15.8. The lowest BCUT2D eigenvalue weighted by atomic mass is 9.95. The third kappa shape index (κ3) is 6.56. The van der Waals surface area contributed by atoms with Gasteiger partial charge in [-0.2, -0.15) is 4.40 Å². The van der Waals surface area contributed by atoms with Crippen molar-refractivity contribution in [3.63, 3.8) is 0 Å². The fourth-order valence-electron chi connectivity index (χ4n) is 2.06. The van der Waals surface area contributed by atoms with Crippen LogP contribution in [0.3, 0.4) is 0 Å². The number of nitrogens with zero attached hydrogens (tertiary/aromatic N) is 1. The molecule has 2 atom stereocenters. The van der Waals surface area contributed by atoms with Crippen LogP contribution in [0, 0.1) is 5.92 Å². The van der Waals surface area contributed by atoms with Crippen molar-refractivity contribution in [2.45, 2.75) is 65.0 Å². The van der Waals surface area contributed by atoms with Gasteiger partial charge in [0.25, 0.3) is 0 Å². The Balaban J connectivity index is 2.96. The maximum absolute atomic E-state index is 12.4. The minimum Gasteiger partial charge on any atom is -0.234 e. The first-order chi connectivity index (χ1) is 9.84. The van der Waals surface area contributed by atoms with Crippen LogP contribution >= 0.6 is 0 Å². The summed E-state index contributed by atoms with van der Waals surface area (Å²) in [7, 11) is -1.20. The molecule has 0 aliphatic heterocycles. The lowest BCUT2D eigenvalue weighted by Crippen LogP contribution is -2.21. The van der Waals surface area contributed by atoms with Crippen molar-refractivity contribution < 1.29 is 4.21 Å². The molecule has 1 aromatic rings. The van der Waals surface area contributed by atoms with Gasteiger partial charge in [-0.25, -0.2) is 4.21 Å². The van der Waals surface area contributed by atoms with Crippen LogP contribution in [0.5, 0.6) is 0 Å². The van der Waals surface area contributed by atoms with Crippen LogP contribution < -0.4 is 0 Å². The largest absolute Gasteiger partial charge is 0.234 e. The maximum atomic E-state index is 12.4. The zero-order chi connectivity index (χ0) is 15.9. The summed E-state index contributed by atoms with van der Waals surface area (Å²) in [5.74, 6) is 0.570. The molecule has 0 aliphatic rings. The smallest absolute Gasteiger partial charge is 0.145 e. The van der Waals surface area contributed by atoms with Crippen LogP contribution in [0.1, 0.15) is 65.9 Å². The third-order valence-electron chi connectivity index (χ3n) is 3.42. The van der Waals surface area contributed by atoms with Gasteiger partial charge in [-0.3, -0.25) is 0 Å². The zero-order valence-electron chi connectivity index (χ0n) is 14.1. The highest BCUT2D eigenvalue weighted by Crippen LogP contribution is 2.20. The van der Waals surface area contributed by atoms with E-state index in [1.807, 2.05) is 39.0 Å². The number of unbranched alkanes of at least 4 members (excludes halogenated alkanes) is 1. The van der Waals surface area contributed by atoms with Gasteiger partial charge in [0.1, 0.15) is 11.0 Å². The maximum Gasteiger partial charge on any atom is 0.145 e. The fourth-order valence-corrected chi connectivity index (χ4v) is 2.71. The van der Waals surface area contributed by atoms with Crippen molar-refractivity contribution in [2.75, 3.05) is 0 Å². The van der Waals surface area contributed by atoms with E-state index in [1.54, 1.807) is 0 Å². The highest BCUT2D eigenvalue weighted by Gasteiger charge is 2.20. The molecule has 118 valence electrons. The Hall–Kier alpha value is -0.960. The minimum atomic E-state index is -1.20. The second-order valence-electron chi connectivity index (χ2n) is 6.72. The average Bonchev–Trinajstić information content (AvgIpc) is 2.44. The van der Waals surface area contributed by atoms with Crippen molar-refractivity contribution in [3.8, 4) is 0 Å². The van der Waals surface area contributed by atoms with Crippen LogP contribution in [-0.4, -0.2) is 14.7 Å². The van der Waals surface area contributed by atoms with E-state index in [0.29, 0.717) is 5.92 Å². The second kappa shape index (κ2) is 8.47. The van der Waals surface area contributed by atoms with Crippen molar-refractivity contribution in [1.29, 1.82) is 0 Å². The minimum absolute atomic E-state index is 0.313.